The third kappa shape index (κ3) is 4.73. The van der Waals surface area contributed by atoms with E-state index < -0.39 is 0 Å². The van der Waals surface area contributed by atoms with Gasteiger partial charge in [-0.15, -0.1) is 0 Å². The molecule has 0 saturated carbocycles. The number of carbonyl (C=O) groups is 2. The Morgan fingerprint density at radius 1 is 1.11 bits per heavy atom. The lowest BCUT2D eigenvalue weighted by atomic mass is 10.0. The smallest absolute Gasteiger partial charge is 0.227 e. The van der Waals surface area contributed by atoms with Crippen molar-refractivity contribution in [1.82, 2.24) is 5.32 Å². The van der Waals surface area contributed by atoms with Gasteiger partial charge in [-0.2, -0.15) is 0 Å². The molecule has 19 heavy (non-hydrogen) atoms. The Kier molecular flexibility index (Phi) is 6.06. The van der Waals surface area contributed by atoms with Crippen LogP contribution in [-0.4, -0.2) is 18.9 Å². The molecule has 2 N–H and O–H groups in total. The fourth-order valence-corrected chi connectivity index (χ4v) is 1.88. The topological polar surface area (TPSA) is 58.2 Å². The molecule has 0 aliphatic heterocycles. The molecular weight excluding hydrogens is 240 g/mol. The molecule has 0 atom stereocenters. The van der Waals surface area contributed by atoms with Gasteiger partial charge in [0.2, 0.25) is 11.8 Å². The molecule has 0 aliphatic carbocycles. The minimum atomic E-state index is -0.0196. The Morgan fingerprint density at radius 3 is 2.16 bits per heavy atom. The van der Waals surface area contributed by atoms with E-state index in [1.54, 1.807) is 7.05 Å². The highest BCUT2D eigenvalue weighted by Gasteiger charge is 2.13. The van der Waals surface area contributed by atoms with E-state index in [0.29, 0.717) is 6.42 Å². The Hall–Kier alpha value is -1.84. The molecule has 104 valence electrons. The fourth-order valence-electron chi connectivity index (χ4n) is 1.88. The predicted molar refractivity (Wildman–Crippen MR) is 76.9 cm³/mol. The first kappa shape index (κ1) is 15.2. The van der Waals surface area contributed by atoms with Crippen LogP contribution in [0.3, 0.4) is 0 Å². The number of rotatable bonds is 6. The molecule has 1 aromatic carbocycles. The number of hydrogen-bond acceptors (Lipinski definition) is 2. The average Bonchev–Trinajstić information content (AvgIpc) is 2.42. The van der Waals surface area contributed by atoms with Crippen molar-refractivity contribution in [2.24, 2.45) is 5.92 Å². The summed E-state index contributed by atoms with van der Waals surface area (Å²) in [6, 6.07) is 7.38. The molecule has 1 aromatic rings. The lowest BCUT2D eigenvalue weighted by Gasteiger charge is -2.13. The van der Waals surface area contributed by atoms with Crippen LogP contribution in [0.5, 0.6) is 0 Å². The molecule has 0 heterocycles. The maximum Gasteiger partial charge on any atom is 0.227 e. The van der Waals surface area contributed by atoms with Crippen LogP contribution in [-0.2, 0) is 16.0 Å². The number of likely N-dealkylation sites (N-methyl/N-ethyl adjacent to an activating group) is 1. The highest BCUT2D eigenvalue weighted by molar-refractivity contribution is 5.92. The minimum absolute atomic E-state index is 0.0196. The zero-order valence-electron chi connectivity index (χ0n) is 11.8. The van der Waals surface area contributed by atoms with Gasteiger partial charge in [-0.25, -0.2) is 0 Å². The summed E-state index contributed by atoms with van der Waals surface area (Å²) >= 11 is 0. The third-order valence-electron chi connectivity index (χ3n) is 3.22. The van der Waals surface area contributed by atoms with Crippen LogP contribution in [0.15, 0.2) is 24.3 Å². The Bertz CT molecular complexity index is 422. The second kappa shape index (κ2) is 7.56. The van der Waals surface area contributed by atoms with Crippen LogP contribution >= 0.6 is 0 Å². The Morgan fingerprint density at radius 2 is 1.68 bits per heavy atom. The molecule has 4 nitrogen and oxygen atoms in total. The lowest BCUT2D eigenvalue weighted by Crippen LogP contribution is -2.22. The molecule has 0 aromatic heterocycles. The van der Waals surface area contributed by atoms with Crippen molar-refractivity contribution in [3.63, 3.8) is 0 Å². The highest BCUT2D eigenvalue weighted by atomic mass is 16.2. The van der Waals surface area contributed by atoms with Crippen molar-refractivity contribution in [3.8, 4) is 0 Å². The first-order valence-electron chi connectivity index (χ1n) is 6.71. The minimum Gasteiger partial charge on any atom is -0.359 e. The summed E-state index contributed by atoms with van der Waals surface area (Å²) in [5, 5.41) is 5.48. The van der Waals surface area contributed by atoms with Gasteiger partial charge in [0.05, 0.1) is 6.42 Å². The predicted octanol–water partition coefficient (Wildman–Crippen LogP) is 2.35. The van der Waals surface area contributed by atoms with E-state index in [2.05, 4.69) is 10.6 Å². The van der Waals surface area contributed by atoms with Crippen LogP contribution in [0.25, 0.3) is 0 Å². The van der Waals surface area contributed by atoms with Gasteiger partial charge in [-0.3, -0.25) is 9.59 Å². The Labute approximate surface area is 114 Å². The van der Waals surface area contributed by atoms with Crippen LogP contribution in [0.1, 0.15) is 32.3 Å². The summed E-state index contributed by atoms with van der Waals surface area (Å²) in [6.45, 7) is 4.03. The van der Waals surface area contributed by atoms with Crippen molar-refractivity contribution in [1.29, 1.82) is 0 Å². The second-order valence-corrected chi connectivity index (χ2v) is 4.55. The van der Waals surface area contributed by atoms with E-state index in [1.807, 2.05) is 38.1 Å². The van der Waals surface area contributed by atoms with Gasteiger partial charge in [0.1, 0.15) is 0 Å². The summed E-state index contributed by atoms with van der Waals surface area (Å²) in [4.78, 5) is 23.1. The van der Waals surface area contributed by atoms with E-state index in [1.165, 1.54) is 0 Å². The van der Waals surface area contributed by atoms with E-state index >= 15 is 0 Å². The normalized spacial score (nSPS) is 10.3. The molecule has 1 rings (SSSR count). The summed E-state index contributed by atoms with van der Waals surface area (Å²) in [7, 11) is 1.62. The van der Waals surface area contributed by atoms with Crippen LogP contribution in [0.2, 0.25) is 0 Å². The largest absolute Gasteiger partial charge is 0.359 e. The third-order valence-corrected chi connectivity index (χ3v) is 3.22. The van der Waals surface area contributed by atoms with Crippen LogP contribution < -0.4 is 10.6 Å². The van der Waals surface area contributed by atoms with Gasteiger partial charge < -0.3 is 10.6 Å². The molecular formula is C15H22N2O2. The first-order chi connectivity index (χ1) is 9.10. The average molecular weight is 262 g/mol. The maximum atomic E-state index is 11.9. The zero-order valence-corrected chi connectivity index (χ0v) is 11.8. The molecule has 0 radical (unpaired) electrons. The first-order valence-corrected chi connectivity index (χ1v) is 6.71. The van der Waals surface area contributed by atoms with Crippen LogP contribution in [0.4, 0.5) is 5.69 Å². The number of amides is 2. The van der Waals surface area contributed by atoms with E-state index in [0.717, 1.165) is 24.1 Å². The zero-order chi connectivity index (χ0) is 14.3. The van der Waals surface area contributed by atoms with Crippen molar-refractivity contribution < 1.29 is 9.59 Å². The van der Waals surface area contributed by atoms with Crippen molar-refractivity contribution in [2.75, 3.05) is 12.4 Å². The van der Waals surface area contributed by atoms with Gasteiger partial charge in [0, 0.05) is 18.7 Å². The van der Waals surface area contributed by atoms with E-state index in [9.17, 15) is 9.59 Å². The molecule has 0 bridgehead atoms. The number of nitrogens with one attached hydrogen (secondary N) is 2. The van der Waals surface area contributed by atoms with E-state index in [-0.39, 0.29) is 17.7 Å². The van der Waals surface area contributed by atoms with Crippen LogP contribution in [0, 0.1) is 5.92 Å². The number of anilines is 1. The van der Waals surface area contributed by atoms with Crippen molar-refractivity contribution >= 4 is 17.5 Å². The molecule has 4 heteroatoms. The standard InChI is InChI=1S/C15H22N2O2/c1-4-12(5-2)15(19)17-13-8-6-11(7-9-13)10-14(18)16-3/h6-9,12H,4-5,10H2,1-3H3,(H,16,18)(H,17,19). The summed E-state index contributed by atoms with van der Waals surface area (Å²) in [6.07, 6.45) is 2.05. The van der Waals surface area contributed by atoms with E-state index in [4.69, 9.17) is 0 Å². The monoisotopic (exact) mass is 262 g/mol. The van der Waals surface area contributed by atoms with Gasteiger partial charge in [0.15, 0.2) is 0 Å². The molecule has 0 unspecified atom stereocenters. The SMILES string of the molecule is CCC(CC)C(=O)Nc1ccc(CC(=O)NC)cc1. The van der Waals surface area contributed by atoms with Crippen molar-refractivity contribution in [2.45, 2.75) is 33.1 Å². The fraction of sp³-hybridized carbons (Fsp3) is 0.467. The molecule has 0 fully saturated rings. The molecule has 0 aliphatic rings. The van der Waals surface area contributed by atoms with Gasteiger partial charge >= 0.3 is 0 Å². The summed E-state index contributed by atoms with van der Waals surface area (Å²) < 4.78 is 0. The number of carbonyl (C=O) groups excluding carboxylic acids is 2. The molecule has 0 spiro atoms. The lowest BCUT2D eigenvalue weighted by molar-refractivity contribution is -0.120. The second-order valence-electron chi connectivity index (χ2n) is 4.55. The number of benzene rings is 1. The highest BCUT2D eigenvalue weighted by Crippen LogP contribution is 2.14. The van der Waals surface area contributed by atoms with Gasteiger partial charge in [-0.05, 0) is 30.5 Å². The van der Waals surface area contributed by atoms with Gasteiger partial charge in [-0.1, -0.05) is 26.0 Å². The quantitative estimate of drug-likeness (QED) is 0.826. The Balaban J connectivity index is 2.61. The van der Waals surface area contributed by atoms with Gasteiger partial charge in [0.25, 0.3) is 0 Å². The summed E-state index contributed by atoms with van der Waals surface area (Å²) in [5.41, 5.74) is 1.71. The maximum absolute atomic E-state index is 11.9. The molecule has 0 saturated heterocycles. The summed E-state index contributed by atoms with van der Waals surface area (Å²) in [5.74, 6) is 0.100. The molecule has 2 amide bonds. The van der Waals surface area contributed by atoms with Crippen molar-refractivity contribution in [3.05, 3.63) is 29.8 Å². The number of hydrogen-bond donors (Lipinski definition) is 2.